The molecule has 1 radical (unpaired) electrons. The van der Waals surface area contributed by atoms with Crippen LogP contribution in [0.4, 0.5) is 0 Å². The fourth-order valence-corrected chi connectivity index (χ4v) is 3.10. The Morgan fingerprint density at radius 1 is 0.867 bits per heavy atom. The van der Waals surface area contributed by atoms with E-state index in [1.165, 1.54) is 0 Å². The van der Waals surface area contributed by atoms with Gasteiger partial charge < -0.3 is 29.0 Å². The second-order valence-electron chi connectivity index (χ2n) is 7.21. The number of nitrogens with one attached hydrogen (secondary N) is 1. The van der Waals surface area contributed by atoms with Crippen molar-refractivity contribution in [2.45, 2.75) is 32.8 Å². The summed E-state index contributed by atoms with van der Waals surface area (Å²) in [6.45, 7) is 6.57. The molecule has 165 valence electrons. The molecule has 0 saturated heterocycles. The molecule has 0 fully saturated rings. The lowest BCUT2D eigenvalue weighted by Crippen LogP contribution is -2.27. The van der Waals surface area contributed by atoms with E-state index in [2.05, 4.69) is 25.2 Å². The van der Waals surface area contributed by atoms with Gasteiger partial charge in [-0.15, -0.1) is 0 Å². The van der Waals surface area contributed by atoms with E-state index in [-0.39, 0.29) is 6.10 Å². The van der Waals surface area contributed by atoms with Gasteiger partial charge in [0.1, 0.15) is 12.7 Å². The topological polar surface area (TPSA) is 58.2 Å². The lowest BCUT2D eigenvalue weighted by molar-refractivity contribution is 0.133. The Labute approximate surface area is 180 Å². The Bertz CT molecular complexity index is 750. The van der Waals surface area contributed by atoms with Crippen molar-refractivity contribution < 1.29 is 23.7 Å². The predicted octanol–water partition coefficient (Wildman–Crippen LogP) is 4.36. The van der Waals surface area contributed by atoms with Gasteiger partial charge in [0.25, 0.3) is 0 Å². The Balaban J connectivity index is 1.74. The molecule has 0 aromatic heterocycles. The van der Waals surface area contributed by atoms with Crippen LogP contribution < -0.4 is 29.0 Å². The van der Waals surface area contributed by atoms with Crippen LogP contribution in [-0.2, 0) is 0 Å². The third-order valence-corrected chi connectivity index (χ3v) is 4.77. The minimum Gasteiger partial charge on any atom is -0.493 e. The number of methoxy groups -OCH3 is 3. The lowest BCUT2D eigenvalue weighted by atomic mass is 10.0. The van der Waals surface area contributed by atoms with Gasteiger partial charge in [-0.1, -0.05) is 26.0 Å². The summed E-state index contributed by atoms with van der Waals surface area (Å²) in [4.78, 5) is 0. The summed E-state index contributed by atoms with van der Waals surface area (Å²) in [5.41, 5.74) is 0. The highest BCUT2D eigenvalue weighted by Crippen LogP contribution is 2.37. The molecule has 6 heteroatoms. The van der Waals surface area contributed by atoms with Crippen molar-refractivity contribution in [3.8, 4) is 28.7 Å². The standard InChI is InChI=1S/C24H34NO5/c1-18(2)19(30-23-13-8-12-22(27-4)24(23)28-5)14-9-15-25-16-17-29-21-11-7-6-10-20(21)26-3/h6-7,10-13,18-19,25H,9,14-17H2,1-5H3. The highest BCUT2D eigenvalue weighted by atomic mass is 16.5. The van der Waals surface area contributed by atoms with E-state index in [0.29, 0.717) is 29.8 Å². The van der Waals surface area contributed by atoms with Crippen molar-refractivity contribution in [2.24, 2.45) is 5.92 Å². The molecule has 30 heavy (non-hydrogen) atoms. The lowest BCUT2D eigenvalue weighted by Gasteiger charge is -2.24. The second-order valence-corrected chi connectivity index (χ2v) is 7.21. The zero-order chi connectivity index (χ0) is 21.8. The van der Waals surface area contributed by atoms with Crippen LogP contribution in [0.1, 0.15) is 26.7 Å². The average molecular weight is 417 g/mol. The Kier molecular flexibility index (Phi) is 10.1. The Morgan fingerprint density at radius 2 is 1.57 bits per heavy atom. The minimum absolute atomic E-state index is 0.0750. The number of hydrogen-bond donors (Lipinski definition) is 1. The smallest absolute Gasteiger partial charge is 0.203 e. The van der Waals surface area contributed by atoms with Crippen LogP contribution in [0, 0.1) is 12.0 Å². The highest BCUT2D eigenvalue weighted by molar-refractivity contribution is 5.50. The van der Waals surface area contributed by atoms with E-state index < -0.39 is 0 Å². The first-order valence-electron chi connectivity index (χ1n) is 10.4. The van der Waals surface area contributed by atoms with E-state index in [4.69, 9.17) is 23.7 Å². The molecule has 2 aromatic rings. The van der Waals surface area contributed by atoms with Gasteiger partial charge in [-0.05, 0) is 55.6 Å². The van der Waals surface area contributed by atoms with Gasteiger partial charge in [0.05, 0.1) is 21.3 Å². The maximum Gasteiger partial charge on any atom is 0.203 e. The van der Waals surface area contributed by atoms with E-state index in [1.54, 1.807) is 33.5 Å². The molecule has 0 aliphatic carbocycles. The number of para-hydroxylation sites is 2. The zero-order valence-electron chi connectivity index (χ0n) is 18.7. The van der Waals surface area contributed by atoms with Gasteiger partial charge in [-0.2, -0.15) is 0 Å². The number of benzene rings is 2. The van der Waals surface area contributed by atoms with Gasteiger partial charge in [-0.3, -0.25) is 0 Å². The van der Waals surface area contributed by atoms with Crippen molar-refractivity contribution in [1.29, 1.82) is 0 Å². The van der Waals surface area contributed by atoms with Gasteiger partial charge in [0, 0.05) is 6.54 Å². The third kappa shape index (κ3) is 7.02. The van der Waals surface area contributed by atoms with Crippen LogP contribution in [0.15, 0.2) is 36.4 Å². The number of hydrogen-bond acceptors (Lipinski definition) is 6. The quantitative estimate of drug-likeness (QED) is 0.462. The van der Waals surface area contributed by atoms with E-state index in [1.807, 2.05) is 24.3 Å². The van der Waals surface area contributed by atoms with Crippen molar-refractivity contribution in [3.05, 3.63) is 42.5 Å². The predicted molar refractivity (Wildman–Crippen MR) is 118 cm³/mol. The Hall–Kier alpha value is -2.60. The first-order valence-corrected chi connectivity index (χ1v) is 10.4. The molecule has 0 saturated carbocycles. The average Bonchev–Trinajstić information content (AvgIpc) is 2.77. The van der Waals surface area contributed by atoms with E-state index in [9.17, 15) is 0 Å². The van der Waals surface area contributed by atoms with Gasteiger partial charge >= 0.3 is 0 Å². The molecule has 1 unspecified atom stereocenters. The largest absolute Gasteiger partial charge is 0.493 e. The molecule has 2 rings (SSSR count). The SMILES string of the molecule is COc1ccccc1OCCNCCCC(Oc1c[c]cc(OC)c1OC)C(C)C. The van der Waals surface area contributed by atoms with Crippen LogP contribution >= 0.6 is 0 Å². The van der Waals surface area contributed by atoms with Gasteiger partial charge in [0.2, 0.25) is 5.75 Å². The third-order valence-electron chi connectivity index (χ3n) is 4.77. The molecule has 0 aliphatic heterocycles. The zero-order valence-corrected chi connectivity index (χ0v) is 18.7. The summed E-state index contributed by atoms with van der Waals surface area (Å²) >= 11 is 0. The van der Waals surface area contributed by atoms with E-state index in [0.717, 1.165) is 37.4 Å². The first kappa shape index (κ1) is 23.7. The monoisotopic (exact) mass is 416 g/mol. The van der Waals surface area contributed by atoms with Crippen LogP contribution in [-0.4, -0.2) is 47.1 Å². The second kappa shape index (κ2) is 12.9. The molecule has 1 atom stereocenters. The maximum absolute atomic E-state index is 6.25. The van der Waals surface area contributed by atoms with Crippen LogP contribution in [0.3, 0.4) is 0 Å². The van der Waals surface area contributed by atoms with Crippen molar-refractivity contribution in [2.75, 3.05) is 41.0 Å². The summed E-state index contributed by atoms with van der Waals surface area (Å²) in [5, 5.41) is 3.42. The molecule has 6 nitrogen and oxygen atoms in total. The van der Waals surface area contributed by atoms with Crippen LogP contribution in [0.25, 0.3) is 0 Å². The molecular formula is C24H34NO5. The molecule has 0 heterocycles. The molecule has 0 aliphatic rings. The first-order chi connectivity index (χ1) is 14.6. The molecular weight excluding hydrogens is 382 g/mol. The molecule has 0 bridgehead atoms. The fourth-order valence-electron chi connectivity index (χ4n) is 3.10. The van der Waals surface area contributed by atoms with E-state index >= 15 is 0 Å². The maximum atomic E-state index is 6.25. The summed E-state index contributed by atoms with van der Waals surface area (Å²) < 4.78 is 28.1. The highest BCUT2D eigenvalue weighted by Gasteiger charge is 2.19. The summed E-state index contributed by atoms with van der Waals surface area (Å²) in [5.74, 6) is 3.77. The van der Waals surface area contributed by atoms with Gasteiger partial charge in [-0.25, -0.2) is 0 Å². The van der Waals surface area contributed by atoms with Crippen molar-refractivity contribution in [3.63, 3.8) is 0 Å². The summed E-state index contributed by atoms with van der Waals surface area (Å²) in [6, 6.07) is 14.3. The number of rotatable bonds is 14. The molecule has 0 amide bonds. The minimum atomic E-state index is 0.0750. The summed E-state index contributed by atoms with van der Waals surface area (Å²) in [6.07, 6.45) is 2.00. The van der Waals surface area contributed by atoms with Crippen molar-refractivity contribution >= 4 is 0 Å². The van der Waals surface area contributed by atoms with Crippen LogP contribution in [0.5, 0.6) is 28.7 Å². The summed E-state index contributed by atoms with van der Waals surface area (Å²) in [7, 11) is 4.87. The van der Waals surface area contributed by atoms with Crippen molar-refractivity contribution in [1.82, 2.24) is 5.32 Å². The molecule has 1 N–H and O–H groups in total. The fraction of sp³-hybridized carbons (Fsp3) is 0.500. The molecule has 0 spiro atoms. The number of ether oxygens (including phenoxy) is 5. The molecule has 2 aromatic carbocycles. The van der Waals surface area contributed by atoms with Gasteiger partial charge in [0.15, 0.2) is 23.0 Å². The Morgan fingerprint density at radius 3 is 2.23 bits per heavy atom. The normalized spacial score (nSPS) is 11.8. The van der Waals surface area contributed by atoms with Crippen LogP contribution in [0.2, 0.25) is 0 Å².